The van der Waals surface area contributed by atoms with Crippen molar-refractivity contribution in [3.05, 3.63) is 59.9 Å². The summed E-state index contributed by atoms with van der Waals surface area (Å²) < 4.78 is 0. The molecule has 0 aliphatic rings. The molecule has 144 valence electrons. The molecule has 3 N–H and O–H groups in total. The Hall–Kier alpha value is -2.93. The van der Waals surface area contributed by atoms with E-state index in [1.165, 1.54) is 4.90 Å². The van der Waals surface area contributed by atoms with E-state index in [1.54, 1.807) is 18.5 Å². The number of amides is 2. The molecule has 2 aromatic rings. The first-order valence-corrected chi connectivity index (χ1v) is 8.90. The summed E-state index contributed by atoms with van der Waals surface area (Å²) >= 11 is 0. The van der Waals surface area contributed by atoms with Crippen LogP contribution in [0.25, 0.3) is 0 Å². The first-order chi connectivity index (χ1) is 12.9. The van der Waals surface area contributed by atoms with Crippen molar-refractivity contribution in [3.63, 3.8) is 0 Å². The Morgan fingerprint density at radius 3 is 2.30 bits per heavy atom. The molecular formula is C20H28N5O2+. The van der Waals surface area contributed by atoms with E-state index in [0.717, 1.165) is 16.8 Å². The van der Waals surface area contributed by atoms with Gasteiger partial charge in [0.25, 0.3) is 0 Å². The molecule has 27 heavy (non-hydrogen) atoms. The second-order valence-corrected chi connectivity index (χ2v) is 6.87. The maximum atomic E-state index is 12.1. The first kappa shape index (κ1) is 20.4. The zero-order valence-electron chi connectivity index (χ0n) is 16.3. The average Bonchev–Trinajstić information content (AvgIpc) is 2.67. The predicted octanol–water partition coefficient (Wildman–Crippen LogP) is -0.234. The number of carbonyl (C=O) groups is 2. The van der Waals surface area contributed by atoms with Crippen LogP contribution < -0.4 is 20.4 Å². The van der Waals surface area contributed by atoms with E-state index >= 15 is 0 Å². The van der Waals surface area contributed by atoms with Crippen molar-refractivity contribution in [1.29, 1.82) is 0 Å². The van der Waals surface area contributed by atoms with Crippen LogP contribution in [0.15, 0.2) is 48.8 Å². The number of pyridine rings is 1. The van der Waals surface area contributed by atoms with Crippen LogP contribution in [0.1, 0.15) is 17.2 Å². The lowest BCUT2D eigenvalue weighted by Crippen LogP contribution is -3.07. The number of likely N-dealkylation sites (N-methyl/N-ethyl adjacent to an activating group) is 1. The minimum Gasteiger partial charge on any atom is -0.378 e. The molecule has 0 fully saturated rings. The molecule has 7 nitrogen and oxygen atoms in total. The molecule has 0 saturated carbocycles. The van der Waals surface area contributed by atoms with Crippen LogP contribution in [-0.4, -0.2) is 51.5 Å². The van der Waals surface area contributed by atoms with Gasteiger partial charge < -0.3 is 20.4 Å². The Morgan fingerprint density at radius 2 is 1.74 bits per heavy atom. The van der Waals surface area contributed by atoms with Crippen LogP contribution in [0.3, 0.4) is 0 Å². The SMILES string of the molecule is CN(C)c1ccc([C@@H](CNC(=O)C(=O)NCc2cccnc2)[NH+](C)C)cc1. The van der Waals surface area contributed by atoms with Crippen molar-refractivity contribution in [3.8, 4) is 0 Å². The number of benzene rings is 1. The van der Waals surface area contributed by atoms with Gasteiger partial charge in [0.05, 0.1) is 20.6 Å². The summed E-state index contributed by atoms with van der Waals surface area (Å²) in [5.74, 6) is -1.27. The van der Waals surface area contributed by atoms with Gasteiger partial charge in [-0.05, 0) is 23.8 Å². The molecule has 0 unspecified atom stereocenters. The van der Waals surface area contributed by atoms with Gasteiger partial charge in [-0.15, -0.1) is 0 Å². The molecule has 1 atom stereocenters. The van der Waals surface area contributed by atoms with Crippen LogP contribution in [-0.2, 0) is 16.1 Å². The third-order valence-electron chi connectivity index (χ3n) is 4.36. The van der Waals surface area contributed by atoms with Crippen molar-refractivity contribution in [2.45, 2.75) is 12.6 Å². The molecule has 2 amide bonds. The molecule has 0 saturated heterocycles. The van der Waals surface area contributed by atoms with E-state index < -0.39 is 11.8 Å². The summed E-state index contributed by atoms with van der Waals surface area (Å²) in [5.41, 5.74) is 3.07. The number of hydrogen-bond donors (Lipinski definition) is 3. The van der Waals surface area contributed by atoms with E-state index in [2.05, 4.69) is 27.8 Å². The van der Waals surface area contributed by atoms with Gasteiger partial charge in [-0.2, -0.15) is 0 Å². The van der Waals surface area contributed by atoms with Gasteiger partial charge in [0, 0.05) is 44.3 Å². The van der Waals surface area contributed by atoms with Gasteiger partial charge in [-0.3, -0.25) is 14.6 Å². The summed E-state index contributed by atoms with van der Waals surface area (Å²) in [6, 6.07) is 11.9. The van der Waals surface area contributed by atoms with Gasteiger partial charge in [0.15, 0.2) is 0 Å². The van der Waals surface area contributed by atoms with Gasteiger partial charge in [0.2, 0.25) is 0 Å². The Balaban J connectivity index is 1.90. The fraction of sp³-hybridized carbons (Fsp3) is 0.350. The third-order valence-corrected chi connectivity index (χ3v) is 4.36. The lowest BCUT2D eigenvalue weighted by atomic mass is 10.1. The van der Waals surface area contributed by atoms with Crippen molar-refractivity contribution in [2.24, 2.45) is 0 Å². The van der Waals surface area contributed by atoms with Crippen molar-refractivity contribution < 1.29 is 14.5 Å². The van der Waals surface area contributed by atoms with E-state index in [1.807, 2.05) is 51.3 Å². The number of hydrogen-bond acceptors (Lipinski definition) is 4. The monoisotopic (exact) mass is 370 g/mol. The number of rotatable bonds is 7. The first-order valence-electron chi connectivity index (χ1n) is 8.90. The second-order valence-electron chi connectivity index (χ2n) is 6.87. The number of anilines is 1. The quantitative estimate of drug-likeness (QED) is 0.588. The summed E-state index contributed by atoms with van der Waals surface area (Å²) in [6.45, 7) is 0.650. The molecule has 1 aromatic carbocycles. The molecule has 0 spiro atoms. The molecule has 0 aliphatic carbocycles. The van der Waals surface area contributed by atoms with Crippen molar-refractivity contribution in [1.82, 2.24) is 15.6 Å². The van der Waals surface area contributed by atoms with Gasteiger partial charge >= 0.3 is 11.8 Å². The van der Waals surface area contributed by atoms with E-state index in [0.29, 0.717) is 6.54 Å². The topological polar surface area (TPSA) is 78.8 Å². The van der Waals surface area contributed by atoms with E-state index in [9.17, 15) is 9.59 Å². The maximum Gasteiger partial charge on any atom is 0.309 e. The zero-order valence-corrected chi connectivity index (χ0v) is 16.3. The smallest absolute Gasteiger partial charge is 0.309 e. The van der Waals surface area contributed by atoms with E-state index in [-0.39, 0.29) is 12.6 Å². The average molecular weight is 370 g/mol. The van der Waals surface area contributed by atoms with Crippen LogP contribution in [0.5, 0.6) is 0 Å². The second kappa shape index (κ2) is 9.68. The normalized spacial score (nSPS) is 11.7. The van der Waals surface area contributed by atoms with Crippen molar-refractivity contribution >= 4 is 17.5 Å². The highest BCUT2D eigenvalue weighted by molar-refractivity contribution is 6.35. The highest BCUT2D eigenvalue weighted by Crippen LogP contribution is 2.16. The predicted molar refractivity (Wildman–Crippen MR) is 105 cm³/mol. The highest BCUT2D eigenvalue weighted by atomic mass is 16.2. The van der Waals surface area contributed by atoms with Gasteiger partial charge in [-0.25, -0.2) is 0 Å². The largest absolute Gasteiger partial charge is 0.378 e. The van der Waals surface area contributed by atoms with E-state index in [4.69, 9.17) is 0 Å². The number of nitrogens with zero attached hydrogens (tertiary/aromatic N) is 2. The minimum absolute atomic E-state index is 0.0521. The van der Waals surface area contributed by atoms with Crippen LogP contribution in [0.2, 0.25) is 0 Å². The Kier molecular flexibility index (Phi) is 7.31. The molecule has 0 radical (unpaired) electrons. The molecule has 0 aliphatic heterocycles. The minimum atomic E-state index is -0.644. The molecule has 1 heterocycles. The molecule has 1 aromatic heterocycles. The summed E-state index contributed by atoms with van der Waals surface area (Å²) in [6.07, 6.45) is 3.31. The number of aromatic nitrogens is 1. The summed E-state index contributed by atoms with van der Waals surface area (Å²) in [4.78, 5) is 31.3. The molecule has 0 bridgehead atoms. The molecule has 7 heteroatoms. The fourth-order valence-electron chi connectivity index (χ4n) is 2.70. The molecular weight excluding hydrogens is 342 g/mol. The number of quaternary nitrogens is 1. The van der Waals surface area contributed by atoms with Crippen LogP contribution in [0.4, 0.5) is 5.69 Å². The van der Waals surface area contributed by atoms with Crippen LogP contribution >= 0.6 is 0 Å². The highest BCUT2D eigenvalue weighted by Gasteiger charge is 2.21. The zero-order chi connectivity index (χ0) is 19.8. The van der Waals surface area contributed by atoms with Gasteiger partial charge in [0.1, 0.15) is 6.04 Å². The Morgan fingerprint density at radius 1 is 1.07 bits per heavy atom. The third kappa shape index (κ3) is 6.07. The standard InChI is InChI=1S/C20H27N5O2/c1-24(2)17-9-7-16(8-10-17)18(25(3)4)14-23-20(27)19(26)22-13-15-6-5-11-21-12-15/h5-12,18H,13-14H2,1-4H3,(H,22,26)(H,23,27)/p+1/t18-/m1/s1. The Labute approximate surface area is 160 Å². The van der Waals surface area contributed by atoms with Crippen LogP contribution in [0, 0.1) is 0 Å². The number of carbonyl (C=O) groups excluding carboxylic acids is 2. The summed E-state index contributed by atoms with van der Waals surface area (Å²) in [5, 5.41) is 5.35. The maximum absolute atomic E-state index is 12.1. The molecule has 2 rings (SSSR count). The Bertz CT molecular complexity index is 745. The lowest BCUT2D eigenvalue weighted by molar-refractivity contribution is -0.890. The van der Waals surface area contributed by atoms with Crippen molar-refractivity contribution in [2.75, 3.05) is 39.6 Å². The fourth-order valence-corrected chi connectivity index (χ4v) is 2.70. The van der Waals surface area contributed by atoms with Gasteiger partial charge in [-0.1, -0.05) is 18.2 Å². The summed E-state index contributed by atoms with van der Waals surface area (Å²) in [7, 11) is 8.04. The lowest BCUT2D eigenvalue weighted by Gasteiger charge is -2.23. The number of nitrogens with one attached hydrogen (secondary N) is 3.